The van der Waals surface area contributed by atoms with Crippen LogP contribution in [0.4, 0.5) is 5.69 Å². The third kappa shape index (κ3) is 2.42. The van der Waals surface area contributed by atoms with E-state index in [1.54, 1.807) is 19.1 Å². The van der Waals surface area contributed by atoms with Crippen molar-refractivity contribution in [1.29, 1.82) is 0 Å². The van der Waals surface area contributed by atoms with Crippen molar-refractivity contribution >= 4 is 22.4 Å². The first-order valence-electron chi connectivity index (χ1n) is 6.68. The average Bonchev–Trinajstić information content (AvgIpc) is 2.50. The molecule has 3 N–H and O–H groups in total. The lowest BCUT2D eigenvalue weighted by atomic mass is 10.0. The molecule has 3 aromatic rings. The van der Waals surface area contributed by atoms with Crippen molar-refractivity contribution in [2.75, 3.05) is 5.32 Å². The number of carbonyl (C=O) groups is 1. The van der Waals surface area contributed by atoms with Crippen LogP contribution in [0.3, 0.4) is 0 Å². The van der Waals surface area contributed by atoms with Gasteiger partial charge in [0.25, 0.3) is 11.5 Å². The van der Waals surface area contributed by atoms with Gasteiger partial charge in [0.2, 0.25) is 0 Å². The maximum atomic E-state index is 12.5. The Balaban J connectivity index is 2.05. The molecule has 0 bridgehead atoms. The molecular weight excluding hydrogens is 282 g/mol. The highest BCUT2D eigenvalue weighted by atomic mass is 16.2. The van der Waals surface area contributed by atoms with Crippen molar-refractivity contribution in [3.63, 3.8) is 0 Å². The van der Waals surface area contributed by atoms with Gasteiger partial charge in [-0.3, -0.25) is 14.6 Å². The zero-order valence-corrected chi connectivity index (χ0v) is 11.8. The monoisotopic (exact) mass is 295 g/mol. The Morgan fingerprint density at radius 3 is 2.50 bits per heavy atom. The number of nitrogens with one attached hydrogen (secondary N) is 3. The van der Waals surface area contributed by atoms with Crippen LogP contribution in [-0.2, 0) is 0 Å². The molecule has 0 spiro atoms. The van der Waals surface area contributed by atoms with Gasteiger partial charge < -0.3 is 10.3 Å². The molecule has 1 heterocycles. The number of rotatable bonds is 2. The molecule has 6 heteroatoms. The second-order valence-electron chi connectivity index (χ2n) is 4.89. The van der Waals surface area contributed by atoms with Crippen molar-refractivity contribution in [3.8, 4) is 0 Å². The van der Waals surface area contributed by atoms with E-state index in [0.29, 0.717) is 11.3 Å². The van der Waals surface area contributed by atoms with Gasteiger partial charge in [-0.1, -0.05) is 36.4 Å². The summed E-state index contributed by atoms with van der Waals surface area (Å²) < 4.78 is 0. The summed E-state index contributed by atoms with van der Waals surface area (Å²) in [4.78, 5) is 40.0. The normalized spacial score (nSPS) is 10.6. The summed E-state index contributed by atoms with van der Waals surface area (Å²) in [6.07, 6.45) is 0. The molecule has 0 aliphatic rings. The second kappa shape index (κ2) is 5.33. The number of aromatic nitrogens is 2. The Kier molecular flexibility index (Phi) is 3.34. The summed E-state index contributed by atoms with van der Waals surface area (Å²) in [5.41, 5.74) is -0.427. The predicted molar refractivity (Wildman–Crippen MR) is 84.3 cm³/mol. The van der Waals surface area contributed by atoms with E-state index in [2.05, 4.69) is 15.3 Å². The number of fused-ring (bicyclic) bond motifs is 1. The minimum atomic E-state index is -0.630. The number of aromatic amines is 2. The molecule has 0 saturated heterocycles. The van der Waals surface area contributed by atoms with E-state index in [9.17, 15) is 14.4 Å². The smallest absolute Gasteiger partial charge is 0.316 e. The lowest BCUT2D eigenvalue weighted by Crippen LogP contribution is -2.28. The quantitative estimate of drug-likeness (QED) is 0.672. The minimum Gasteiger partial charge on any atom is -0.316 e. The Labute approximate surface area is 124 Å². The van der Waals surface area contributed by atoms with Gasteiger partial charge in [-0.2, -0.15) is 0 Å². The highest BCUT2D eigenvalue weighted by molar-refractivity contribution is 6.12. The molecule has 6 nitrogen and oxygen atoms in total. The van der Waals surface area contributed by atoms with Crippen LogP contribution in [0, 0.1) is 6.92 Å². The van der Waals surface area contributed by atoms with Crippen LogP contribution in [-0.4, -0.2) is 15.9 Å². The average molecular weight is 295 g/mol. The Morgan fingerprint density at radius 2 is 1.73 bits per heavy atom. The fourth-order valence-corrected chi connectivity index (χ4v) is 2.35. The van der Waals surface area contributed by atoms with Crippen molar-refractivity contribution in [3.05, 3.63) is 74.6 Å². The Bertz CT molecular complexity index is 980. The van der Waals surface area contributed by atoms with E-state index < -0.39 is 17.2 Å². The van der Waals surface area contributed by atoms with E-state index in [4.69, 9.17) is 0 Å². The van der Waals surface area contributed by atoms with Gasteiger partial charge in [-0.05, 0) is 23.8 Å². The third-order valence-corrected chi connectivity index (χ3v) is 3.40. The number of benzene rings is 2. The maximum absolute atomic E-state index is 12.5. The van der Waals surface area contributed by atoms with Gasteiger partial charge >= 0.3 is 5.69 Å². The van der Waals surface area contributed by atoms with E-state index in [1.807, 2.05) is 30.3 Å². The zero-order chi connectivity index (χ0) is 15.7. The van der Waals surface area contributed by atoms with Crippen LogP contribution in [0.1, 0.15) is 16.1 Å². The Morgan fingerprint density at radius 1 is 1.00 bits per heavy atom. The lowest BCUT2D eigenvalue weighted by molar-refractivity contribution is 0.102. The van der Waals surface area contributed by atoms with E-state index in [0.717, 1.165) is 10.8 Å². The standard InChI is InChI=1S/C16H13N3O3/c1-9-13(15(21)19-16(22)17-9)18-14(20)12-8-4-6-10-5-2-3-7-11(10)12/h2-8H,1H3,(H,18,20)(H2,17,19,21,22). The first-order valence-corrected chi connectivity index (χ1v) is 6.68. The first kappa shape index (κ1) is 13.8. The topological polar surface area (TPSA) is 94.8 Å². The van der Waals surface area contributed by atoms with Gasteiger partial charge in [-0.15, -0.1) is 0 Å². The number of carbonyl (C=O) groups excluding carboxylic acids is 1. The SMILES string of the molecule is Cc1[nH]c(=O)[nH]c(=O)c1NC(=O)c1cccc2ccccc12. The minimum absolute atomic E-state index is 0.0394. The molecule has 0 unspecified atom stereocenters. The largest absolute Gasteiger partial charge is 0.326 e. The number of aryl methyl sites for hydroxylation is 1. The molecule has 0 atom stereocenters. The zero-order valence-electron chi connectivity index (χ0n) is 11.8. The first-order chi connectivity index (χ1) is 10.6. The lowest BCUT2D eigenvalue weighted by Gasteiger charge is -2.09. The van der Waals surface area contributed by atoms with Crippen LogP contribution in [0.25, 0.3) is 10.8 Å². The fourth-order valence-electron chi connectivity index (χ4n) is 2.35. The van der Waals surface area contributed by atoms with Crippen LogP contribution >= 0.6 is 0 Å². The highest BCUT2D eigenvalue weighted by Gasteiger charge is 2.13. The van der Waals surface area contributed by atoms with Gasteiger partial charge in [0, 0.05) is 11.3 Å². The second-order valence-corrected chi connectivity index (χ2v) is 4.89. The molecule has 110 valence electrons. The summed E-state index contributed by atoms with van der Waals surface area (Å²) in [6, 6.07) is 12.9. The van der Waals surface area contributed by atoms with E-state index >= 15 is 0 Å². The summed E-state index contributed by atoms with van der Waals surface area (Å²) in [5, 5.41) is 4.29. The molecule has 0 aliphatic heterocycles. The molecule has 0 saturated carbocycles. The number of H-pyrrole nitrogens is 2. The van der Waals surface area contributed by atoms with Gasteiger partial charge in [0.1, 0.15) is 5.69 Å². The van der Waals surface area contributed by atoms with Crippen molar-refractivity contribution in [2.45, 2.75) is 6.92 Å². The summed E-state index contributed by atoms with van der Waals surface area (Å²) in [7, 11) is 0. The third-order valence-electron chi connectivity index (χ3n) is 3.40. The molecule has 3 rings (SSSR count). The van der Waals surface area contributed by atoms with Crippen molar-refractivity contribution < 1.29 is 4.79 Å². The van der Waals surface area contributed by atoms with E-state index in [1.165, 1.54) is 0 Å². The van der Waals surface area contributed by atoms with Gasteiger partial charge in [-0.25, -0.2) is 4.79 Å². The van der Waals surface area contributed by atoms with Crippen LogP contribution in [0.15, 0.2) is 52.1 Å². The molecule has 1 aromatic heterocycles. The molecule has 1 amide bonds. The number of anilines is 1. The fraction of sp³-hybridized carbons (Fsp3) is 0.0625. The molecule has 0 aliphatic carbocycles. The maximum Gasteiger partial charge on any atom is 0.326 e. The molecular formula is C16H13N3O3. The van der Waals surface area contributed by atoms with Crippen molar-refractivity contribution in [1.82, 2.24) is 9.97 Å². The predicted octanol–water partition coefficient (Wildman–Crippen LogP) is 1.78. The van der Waals surface area contributed by atoms with Gasteiger partial charge in [0.15, 0.2) is 0 Å². The number of hydrogen-bond donors (Lipinski definition) is 3. The van der Waals surface area contributed by atoms with Crippen LogP contribution in [0.5, 0.6) is 0 Å². The van der Waals surface area contributed by atoms with Crippen LogP contribution < -0.4 is 16.6 Å². The molecule has 0 radical (unpaired) electrons. The molecule has 0 fully saturated rings. The summed E-state index contributed by atoms with van der Waals surface area (Å²) >= 11 is 0. The summed E-state index contributed by atoms with van der Waals surface area (Å²) in [6.45, 7) is 1.55. The number of amides is 1. The van der Waals surface area contributed by atoms with Gasteiger partial charge in [0.05, 0.1) is 0 Å². The van der Waals surface area contributed by atoms with E-state index in [-0.39, 0.29) is 5.69 Å². The highest BCUT2D eigenvalue weighted by Crippen LogP contribution is 2.19. The van der Waals surface area contributed by atoms with Crippen LogP contribution in [0.2, 0.25) is 0 Å². The molecule has 2 aromatic carbocycles. The number of hydrogen-bond acceptors (Lipinski definition) is 3. The summed E-state index contributed by atoms with van der Waals surface area (Å²) in [5.74, 6) is -0.405. The van der Waals surface area contributed by atoms with Crippen molar-refractivity contribution in [2.24, 2.45) is 0 Å². The molecule has 22 heavy (non-hydrogen) atoms. The Hall–Kier alpha value is -3.15.